The predicted molar refractivity (Wildman–Crippen MR) is 116 cm³/mol. The summed E-state index contributed by atoms with van der Waals surface area (Å²) in [6.07, 6.45) is 7.03. The second-order valence-corrected chi connectivity index (χ2v) is 9.83. The van der Waals surface area contributed by atoms with E-state index in [1.807, 2.05) is 13.8 Å². The van der Waals surface area contributed by atoms with Crippen LogP contribution in [0.2, 0.25) is 0 Å². The molecule has 4 rings (SSSR count). The van der Waals surface area contributed by atoms with Crippen molar-refractivity contribution in [2.45, 2.75) is 70.8 Å². The minimum Gasteiger partial charge on any atom is -0.342 e. The summed E-state index contributed by atoms with van der Waals surface area (Å²) in [5.74, 6) is -0.837. The van der Waals surface area contributed by atoms with E-state index in [0.29, 0.717) is 18.7 Å². The normalized spacial score (nSPS) is 21.0. The molecule has 1 aliphatic heterocycles. The van der Waals surface area contributed by atoms with Crippen LogP contribution in [0.25, 0.3) is 0 Å². The Morgan fingerprint density at radius 1 is 1.03 bits per heavy atom. The number of hydrogen-bond donors (Lipinski definition) is 1. The minimum atomic E-state index is -0.564. The first kappa shape index (κ1) is 22.0. The summed E-state index contributed by atoms with van der Waals surface area (Å²) in [6.45, 7) is 4.70. The second-order valence-electron chi connectivity index (χ2n) is 9.83. The van der Waals surface area contributed by atoms with E-state index in [-0.39, 0.29) is 40.9 Å². The molecule has 1 aromatic carbocycles. The first-order chi connectivity index (χ1) is 14.9. The number of hydrogen-bond acceptors (Lipinski definition) is 3. The zero-order valence-electron chi connectivity index (χ0n) is 18.5. The van der Waals surface area contributed by atoms with Crippen molar-refractivity contribution in [3.05, 3.63) is 35.1 Å². The standard InChI is InChI=1S/C25H33FN2O3/c1-15(2)23(29)22(16-7-4-3-5-8-16)27-24(30)20-10-6-9-19(21(20)26)18-13-28(14-18)25(31)17-11-12-17/h6,9-10,15-18,22H,3-5,7-8,11-14H2,1-2H3,(H,27,30). The first-order valence-electron chi connectivity index (χ1n) is 11.8. The molecule has 3 aliphatic rings. The Labute approximate surface area is 183 Å². The second kappa shape index (κ2) is 9.09. The highest BCUT2D eigenvalue weighted by atomic mass is 19.1. The molecule has 5 nitrogen and oxygen atoms in total. The molecule has 1 aromatic rings. The summed E-state index contributed by atoms with van der Waals surface area (Å²) < 4.78 is 15.3. The molecule has 2 amide bonds. The smallest absolute Gasteiger partial charge is 0.254 e. The number of carbonyl (C=O) groups excluding carboxylic acids is 3. The number of nitrogens with one attached hydrogen (secondary N) is 1. The van der Waals surface area contributed by atoms with Gasteiger partial charge in [-0.2, -0.15) is 0 Å². The summed E-state index contributed by atoms with van der Waals surface area (Å²) >= 11 is 0. The Bertz CT molecular complexity index is 852. The van der Waals surface area contributed by atoms with Crippen LogP contribution in [0.15, 0.2) is 18.2 Å². The topological polar surface area (TPSA) is 66.5 Å². The average molecular weight is 429 g/mol. The van der Waals surface area contributed by atoms with Crippen molar-refractivity contribution < 1.29 is 18.8 Å². The lowest BCUT2D eigenvalue weighted by molar-refractivity contribution is -0.137. The van der Waals surface area contributed by atoms with Crippen LogP contribution in [-0.4, -0.2) is 41.6 Å². The number of halogens is 1. The van der Waals surface area contributed by atoms with Crippen molar-refractivity contribution in [2.24, 2.45) is 17.8 Å². The van der Waals surface area contributed by atoms with Crippen LogP contribution in [0.4, 0.5) is 4.39 Å². The Morgan fingerprint density at radius 2 is 1.71 bits per heavy atom. The maximum absolute atomic E-state index is 15.3. The van der Waals surface area contributed by atoms with E-state index in [1.54, 1.807) is 17.0 Å². The number of Topliss-reactive ketones (excluding diaryl/α,β-unsaturated/α-hetero) is 1. The van der Waals surface area contributed by atoms with Crippen LogP contribution < -0.4 is 5.32 Å². The van der Waals surface area contributed by atoms with Crippen LogP contribution in [-0.2, 0) is 9.59 Å². The minimum absolute atomic E-state index is 0.0122. The van der Waals surface area contributed by atoms with Crippen molar-refractivity contribution in [1.29, 1.82) is 0 Å². The molecule has 1 N–H and O–H groups in total. The molecule has 1 heterocycles. The van der Waals surface area contributed by atoms with Crippen molar-refractivity contribution in [1.82, 2.24) is 10.2 Å². The molecule has 168 valence electrons. The summed E-state index contributed by atoms with van der Waals surface area (Å²) in [5.41, 5.74) is 0.471. The van der Waals surface area contributed by atoms with Crippen molar-refractivity contribution in [2.75, 3.05) is 13.1 Å². The van der Waals surface area contributed by atoms with Gasteiger partial charge < -0.3 is 10.2 Å². The van der Waals surface area contributed by atoms with Crippen LogP contribution >= 0.6 is 0 Å². The van der Waals surface area contributed by atoms with Gasteiger partial charge in [0.1, 0.15) is 5.82 Å². The molecule has 0 bridgehead atoms. The zero-order valence-corrected chi connectivity index (χ0v) is 18.5. The first-order valence-corrected chi connectivity index (χ1v) is 11.8. The Morgan fingerprint density at radius 3 is 2.32 bits per heavy atom. The third kappa shape index (κ3) is 4.68. The molecule has 0 radical (unpaired) electrons. The average Bonchev–Trinajstić information content (AvgIpc) is 3.57. The van der Waals surface area contributed by atoms with Gasteiger partial charge in [0.25, 0.3) is 5.91 Å². The van der Waals surface area contributed by atoms with Gasteiger partial charge in [-0.05, 0) is 43.2 Å². The molecule has 31 heavy (non-hydrogen) atoms. The summed E-state index contributed by atoms with van der Waals surface area (Å²) in [7, 11) is 0. The Kier molecular flexibility index (Phi) is 6.44. The molecule has 2 aliphatic carbocycles. The van der Waals surface area contributed by atoms with Gasteiger partial charge in [-0.3, -0.25) is 14.4 Å². The van der Waals surface area contributed by atoms with E-state index >= 15 is 4.39 Å². The molecule has 1 unspecified atom stereocenters. The number of likely N-dealkylation sites (tertiary alicyclic amines) is 1. The molecule has 1 saturated heterocycles. The molecular weight excluding hydrogens is 395 g/mol. The lowest BCUT2D eigenvalue weighted by Gasteiger charge is -2.40. The number of nitrogens with zero attached hydrogens (tertiary/aromatic N) is 1. The lowest BCUT2D eigenvalue weighted by atomic mass is 9.80. The third-order valence-corrected chi connectivity index (χ3v) is 7.12. The highest BCUT2D eigenvalue weighted by Crippen LogP contribution is 2.37. The lowest BCUT2D eigenvalue weighted by Crippen LogP contribution is -2.50. The third-order valence-electron chi connectivity index (χ3n) is 7.12. The predicted octanol–water partition coefficient (Wildman–Crippen LogP) is 4.07. The van der Waals surface area contributed by atoms with Crippen LogP contribution in [0.1, 0.15) is 80.6 Å². The zero-order chi connectivity index (χ0) is 22.1. The number of amides is 2. The number of carbonyl (C=O) groups is 3. The fourth-order valence-corrected chi connectivity index (χ4v) is 4.95. The molecular formula is C25H33FN2O3. The van der Waals surface area contributed by atoms with Crippen molar-refractivity contribution in [3.63, 3.8) is 0 Å². The maximum atomic E-state index is 15.3. The van der Waals surface area contributed by atoms with Crippen molar-refractivity contribution in [3.8, 4) is 0 Å². The van der Waals surface area contributed by atoms with Crippen molar-refractivity contribution >= 4 is 17.6 Å². The number of rotatable bonds is 7. The fraction of sp³-hybridized carbons (Fsp3) is 0.640. The van der Waals surface area contributed by atoms with Gasteiger partial charge in [-0.15, -0.1) is 0 Å². The molecule has 3 fully saturated rings. The molecule has 0 spiro atoms. The van der Waals surface area contributed by atoms with Gasteiger partial charge >= 0.3 is 0 Å². The van der Waals surface area contributed by atoms with Gasteiger partial charge in [-0.1, -0.05) is 45.2 Å². The van der Waals surface area contributed by atoms with Gasteiger partial charge in [0.2, 0.25) is 5.91 Å². The number of ketones is 1. The summed E-state index contributed by atoms with van der Waals surface area (Å²) in [4.78, 5) is 39.8. The maximum Gasteiger partial charge on any atom is 0.254 e. The van der Waals surface area contributed by atoms with E-state index in [0.717, 1.165) is 44.9 Å². The van der Waals surface area contributed by atoms with Crippen LogP contribution in [0.3, 0.4) is 0 Å². The molecule has 1 atom stereocenters. The molecule has 6 heteroatoms. The van der Waals surface area contributed by atoms with Gasteiger partial charge in [0.15, 0.2) is 5.78 Å². The van der Waals surface area contributed by atoms with Crippen LogP contribution in [0.5, 0.6) is 0 Å². The highest BCUT2D eigenvalue weighted by molar-refractivity contribution is 5.98. The van der Waals surface area contributed by atoms with Crippen LogP contribution in [0, 0.1) is 23.6 Å². The quantitative estimate of drug-likeness (QED) is 0.712. The SMILES string of the molecule is CC(C)C(=O)C(NC(=O)c1cccc(C2CN(C(=O)C3CC3)C2)c1F)C1CCCCC1. The summed E-state index contributed by atoms with van der Waals surface area (Å²) in [6, 6.07) is 4.32. The fourth-order valence-electron chi connectivity index (χ4n) is 4.95. The van der Waals surface area contributed by atoms with Gasteiger partial charge in [-0.25, -0.2) is 4.39 Å². The number of benzene rings is 1. The van der Waals surface area contributed by atoms with Gasteiger partial charge in [0, 0.05) is 30.8 Å². The van der Waals surface area contributed by atoms with E-state index in [1.165, 1.54) is 6.07 Å². The monoisotopic (exact) mass is 428 g/mol. The largest absolute Gasteiger partial charge is 0.342 e. The summed E-state index contributed by atoms with van der Waals surface area (Å²) in [5, 5.41) is 2.88. The molecule has 2 saturated carbocycles. The van der Waals surface area contributed by atoms with E-state index in [4.69, 9.17) is 0 Å². The molecule has 0 aromatic heterocycles. The van der Waals surface area contributed by atoms with E-state index in [9.17, 15) is 14.4 Å². The Balaban J connectivity index is 1.46. The van der Waals surface area contributed by atoms with Gasteiger partial charge in [0.05, 0.1) is 11.6 Å². The Hall–Kier alpha value is -2.24. The van der Waals surface area contributed by atoms with E-state index < -0.39 is 17.8 Å². The van der Waals surface area contributed by atoms with E-state index in [2.05, 4.69) is 5.32 Å². The highest BCUT2D eigenvalue weighted by Gasteiger charge is 2.41.